The van der Waals surface area contributed by atoms with Crippen LogP contribution in [0.5, 0.6) is 5.75 Å². The number of methoxy groups -OCH3 is 1. The molecule has 1 saturated heterocycles. The predicted molar refractivity (Wildman–Crippen MR) is 97.5 cm³/mol. The van der Waals surface area contributed by atoms with Crippen molar-refractivity contribution in [2.24, 2.45) is 4.36 Å². The van der Waals surface area contributed by atoms with Gasteiger partial charge in [-0.2, -0.15) is 24.5 Å². The van der Waals surface area contributed by atoms with E-state index in [2.05, 4.69) is 15.0 Å². The molecule has 1 heterocycles. The second kappa shape index (κ2) is 9.55. The molecule has 1 aliphatic rings. The van der Waals surface area contributed by atoms with E-state index in [1.54, 1.807) is 40.9 Å². The molecular weight excluding hydrogens is 380 g/mol. The quantitative estimate of drug-likeness (QED) is 0.744. The minimum atomic E-state index is -2.60. The molecule has 2 N–H and O–H groups in total. The summed E-state index contributed by atoms with van der Waals surface area (Å²) >= 11 is 1.56. The first-order chi connectivity index (χ1) is 12.5. The van der Waals surface area contributed by atoms with Gasteiger partial charge >= 0.3 is 16.5 Å². The van der Waals surface area contributed by atoms with Crippen molar-refractivity contribution in [2.75, 3.05) is 32.2 Å². The number of carbonyl (C=O) groups is 2. The van der Waals surface area contributed by atoms with E-state index in [1.807, 2.05) is 0 Å². The zero-order valence-electron chi connectivity index (χ0n) is 14.3. The second-order valence-electron chi connectivity index (χ2n) is 5.36. The molecule has 2 unspecified atom stereocenters. The van der Waals surface area contributed by atoms with Crippen LogP contribution in [0.15, 0.2) is 28.6 Å². The molecule has 1 fully saturated rings. The fraction of sp³-hybridized carbons (Fsp3) is 0.467. The average Bonchev–Trinajstić information content (AvgIpc) is 2.63. The number of urea groups is 1. The minimum Gasteiger partial charge on any atom is -0.497 e. The first-order valence-electron chi connectivity index (χ1n) is 7.76. The van der Waals surface area contributed by atoms with E-state index in [-0.39, 0.29) is 0 Å². The molecule has 0 saturated carbocycles. The standard InChI is InChI=1S/C15H20N4O5S2/c1-16-15(21)17-14(20)13(10-3-5-11(24-2)6-4-10)19-7-8-25-9-12(19)18-26(22)23/h3-6,12-13H,7-9H2,1-2H3,(H2,16,17,20,21). The molecule has 1 aromatic carbocycles. The Bertz CT molecular complexity index is 774. The first kappa shape index (κ1) is 20.2. The van der Waals surface area contributed by atoms with Crippen molar-refractivity contribution in [3.05, 3.63) is 29.8 Å². The molecule has 1 aromatic rings. The van der Waals surface area contributed by atoms with Gasteiger partial charge in [0.05, 0.1) is 7.11 Å². The fourth-order valence-corrected chi connectivity index (χ4v) is 4.09. The van der Waals surface area contributed by atoms with Crippen molar-refractivity contribution in [1.29, 1.82) is 0 Å². The Labute approximate surface area is 157 Å². The zero-order chi connectivity index (χ0) is 19.1. The van der Waals surface area contributed by atoms with E-state index in [1.165, 1.54) is 14.2 Å². The topological polar surface area (TPSA) is 117 Å². The van der Waals surface area contributed by atoms with Crippen LogP contribution >= 0.6 is 11.8 Å². The van der Waals surface area contributed by atoms with E-state index in [0.717, 1.165) is 5.75 Å². The summed E-state index contributed by atoms with van der Waals surface area (Å²) in [7, 11) is 0.338. The van der Waals surface area contributed by atoms with E-state index in [4.69, 9.17) is 4.74 Å². The van der Waals surface area contributed by atoms with Crippen LogP contribution < -0.4 is 15.4 Å². The monoisotopic (exact) mass is 400 g/mol. The SMILES string of the molecule is CNC(=O)NC(=O)C(c1ccc(OC)cc1)N1CCSCC1N=S(=O)=O. The summed E-state index contributed by atoms with van der Waals surface area (Å²) in [5.74, 6) is 1.22. The maximum Gasteiger partial charge on any atom is 0.321 e. The van der Waals surface area contributed by atoms with Gasteiger partial charge in [-0.05, 0) is 17.7 Å². The van der Waals surface area contributed by atoms with Crippen LogP contribution in [0.4, 0.5) is 4.79 Å². The van der Waals surface area contributed by atoms with Gasteiger partial charge in [-0.1, -0.05) is 12.1 Å². The van der Waals surface area contributed by atoms with Gasteiger partial charge in [0.1, 0.15) is 18.0 Å². The van der Waals surface area contributed by atoms with Gasteiger partial charge in [0.15, 0.2) is 0 Å². The van der Waals surface area contributed by atoms with Crippen molar-refractivity contribution in [2.45, 2.75) is 12.2 Å². The van der Waals surface area contributed by atoms with Crippen LogP contribution in [0.2, 0.25) is 0 Å². The number of amides is 3. The number of rotatable bonds is 5. The van der Waals surface area contributed by atoms with E-state index < -0.39 is 34.6 Å². The first-order valence-corrected chi connectivity index (χ1v) is 9.95. The molecule has 2 atom stereocenters. The predicted octanol–water partition coefficient (Wildman–Crippen LogP) is 0.629. The van der Waals surface area contributed by atoms with Gasteiger partial charge in [-0.15, -0.1) is 0 Å². The molecule has 0 radical (unpaired) electrons. The lowest BCUT2D eigenvalue weighted by Crippen LogP contribution is -2.51. The Hall–Kier alpha value is -2.11. The number of imide groups is 1. The molecular formula is C15H20N4O5S2. The van der Waals surface area contributed by atoms with Gasteiger partial charge in [0.25, 0.3) is 0 Å². The van der Waals surface area contributed by atoms with Crippen molar-refractivity contribution in [1.82, 2.24) is 15.5 Å². The van der Waals surface area contributed by atoms with Crippen LogP contribution in [0.1, 0.15) is 11.6 Å². The molecule has 2 rings (SSSR count). The Morgan fingerprint density at radius 3 is 2.62 bits per heavy atom. The maximum atomic E-state index is 12.8. The number of nitrogens with one attached hydrogen (secondary N) is 2. The lowest BCUT2D eigenvalue weighted by molar-refractivity contribution is -0.126. The van der Waals surface area contributed by atoms with Crippen LogP contribution in [-0.2, 0) is 15.3 Å². The summed E-state index contributed by atoms with van der Waals surface area (Å²) in [5.41, 5.74) is 0.607. The normalized spacial score (nSPS) is 18.5. The van der Waals surface area contributed by atoms with Gasteiger partial charge in [0, 0.05) is 25.1 Å². The van der Waals surface area contributed by atoms with E-state index in [9.17, 15) is 18.0 Å². The molecule has 0 aliphatic carbocycles. The van der Waals surface area contributed by atoms with E-state index >= 15 is 0 Å². The van der Waals surface area contributed by atoms with Crippen molar-refractivity contribution < 1.29 is 22.7 Å². The molecule has 0 spiro atoms. The van der Waals surface area contributed by atoms with Crippen molar-refractivity contribution in [3.63, 3.8) is 0 Å². The van der Waals surface area contributed by atoms with Crippen LogP contribution in [0, 0.1) is 0 Å². The summed E-state index contributed by atoms with van der Waals surface area (Å²) in [6, 6.07) is 5.31. The number of thioether (sulfide) groups is 1. The Kier molecular flexibility index (Phi) is 7.42. The van der Waals surface area contributed by atoms with Crippen LogP contribution in [-0.4, -0.2) is 63.6 Å². The average molecular weight is 400 g/mol. The molecule has 142 valence electrons. The Morgan fingerprint density at radius 2 is 2.04 bits per heavy atom. The highest BCUT2D eigenvalue weighted by Gasteiger charge is 2.35. The highest BCUT2D eigenvalue weighted by molar-refractivity contribution is 7.99. The van der Waals surface area contributed by atoms with Gasteiger partial charge < -0.3 is 10.1 Å². The Morgan fingerprint density at radius 1 is 1.35 bits per heavy atom. The highest BCUT2D eigenvalue weighted by Crippen LogP contribution is 2.30. The summed E-state index contributed by atoms with van der Waals surface area (Å²) in [6.07, 6.45) is -0.686. The number of nitrogens with zero attached hydrogens (tertiary/aromatic N) is 2. The molecule has 3 amide bonds. The molecule has 1 aliphatic heterocycles. The highest BCUT2D eigenvalue weighted by atomic mass is 32.2. The molecule has 0 aromatic heterocycles. The van der Waals surface area contributed by atoms with Crippen molar-refractivity contribution >= 4 is 34.2 Å². The smallest absolute Gasteiger partial charge is 0.321 e. The third-order valence-electron chi connectivity index (χ3n) is 3.83. The van der Waals surface area contributed by atoms with Gasteiger partial charge in [-0.25, -0.2) is 4.79 Å². The molecule has 11 heteroatoms. The number of ether oxygens (including phenoxy) is 1. The zero-order valence-corrected chi connectivity index (χ0v) is 16.0. The molecule has 0 bridgehead atoms. The fourth-order valence-electron chi connectivity index (χ4n) is 2.62. The third-order valence-corrected chi connectivity index (χ3v) is 5.25. The molecule has 26 heavy (non-hydrogen) atoms. The van der Waals surface area contributed by atoms with Crippen molar-refractivity contribution in [3.8, 4) is 5.75 Å². The number of hydrogen-bond acceptors (Lipinski definition) is 8. The molecule has 9 nitrogen and oxygen atoms in total. The second-order valence-corrected chi connectivity index (χ2v) is 7.15. The minimum absolute atomic E-state index is 0.438. The number of hydrogen-bond donors (Lipinski definition) is 2. The number of benzene rings is 1. The lowest BCUT2D eigenvalue weighted by Gasteiger charge is -2.37. The van der Waals surface area contributed by atoms with Crippen LogP contribution in [0.25, 0.3) is 0 Å². The largest absolute Gasteiger partial charge is 0.497 e. The van der Waals surface area contributed by atoms with Gasteiger partial charge in [-0.3, -0.25) is 15.0 Å². The summed E-state index contributed by atoms with van der Waals surface area (Å²) in [4.78, 5) is 26.0. The Balaban J connectivity index is 2.41. The summed E-state index contributed by atoms with van der Waals surface area (Å²) in [5, 5.41) is 4.59. The van der Waals surface area contributed by atoms with E-state index in [0.29, 0.717) is 23.6 Å². The lowest BCUT2D eigenvalue weighted by atomic mass is 10.0. The third kappa shape index (κ3) is 5.19. The summed E-state index contributed by atoms with van der Waals surface area (Å²) < 4.78 is 31.0. The number of carbonyl (C=O) groups excluding carboxylic acids is 2. The van der Waals surface area contributed by atoms with Crippen LogP contribution in [0.3, 0.4) is 0 Å². The maximum absolute atomic E-state index is 12.8. The summed E-state index contributed by atoms with van der Waals surface area (Å²) in [6.45, 7) is 0.452. The van der Waals surface area contributed by atoms with Gasteiger partial charge in [0.2, 0.25) is 5.91 Å².